The highest BCUT2D eigenvalue weighted by Crippen LogP contribution is 2.22. The van der Waals surface area contributed by atoms with Crippen molar-refractivity contribution in [1.29, 1.82) is 0 Å². The van der Waals surface area contributed by atoms with Gasteiger partial charge >= 0.3 is 0 Å². The lowest BCUT2D eigenvalue weighted by molar-refractivity contribution is -0.0621. The van der Waals surface area contributed by atoms with E-state index in [4.69, 9.17) is 9.47 Å². The van der Waals surface area contributed by atoms with E-state index >= 15 is 0 Å². The molecule has 0 radical (unpaired) electrons. The summed E-state index contributed by atoms with van der Waals surface area (Å²) in [5.74, 6) is 0. The molecule has 2 fully saturated rings. The quantitative estimate of drug-likeness (QED) is 0.637. The highest BCUT2D eigenvalue weighted by molar-refractivity contribution is 4.76. The molecule has 1 N–H and O–H groups in total. The molecule has 1 saturated heterocycles. The Labute approximate surface area is 72.7 Å². The van der Waals surface area contributed by atoms with Crippen LogP contribution in [0.25, 0.3) is 0 Å². The second kappa shape index (κ2) is 3.73. The van der Waals surface area contributed by atoms with Crippen molar-refractivity contribution >= 4 is 0 Å². The van der Waals surface area contributed by atoms with E-state index in [-0.39, 0.29) is 12.2 Å². The van der Waals surface area contributed by atoms with Gasteiger partial charge in [-0.2, -0.15) is 0 Å². The van der Waals surface area contributed by atoms with Crippen LogP contribution in [0.15, 0.2) is 0 Å². The highest BCUT2D eigenvalue weighted by Gasteiger charge is 2.28. The SMILES string of the molecule is OC1CCCCC1OCC1CO1. The molecule has 0 aromatic heterocycles. The van der Waals surface area contributed by atoms with Gasteiger partial charge in [0, 0.05) is 0 Å². The first-order valence-corrected chi connectivity index (χ1v) is 4.77. The van der Waals surface area contributed by atoms with Gasteiger partial charge < -0.3 is 14.6 Å². The number of rotatable bonds is 3. The summed E-state index contributed by atoms with van der Waals surface area (Å²) in [6.07, 6.45) is 4.39. The van der Waals surface area contributed by atoms with Gasteiger partial charge in [0.25, 0.3) is 0 Å². The maximum absolute atomic E-state index is 9.54. The topological polar surface area (TPSA) is 42.0 Å². The predicted molar refractivity (Wildman–Crippen MR) is 44.0 cm³/mol. The van der Waals surface area contributed by atoms with Crippen molar-refractivity contribution in [2.45, 2.75) is 44.0 Å². The lowest BCUT2D eigenvalue weighted by atomic mass is 9.95. The Hall–Kier alpha value is -0.120. The highest BCUT2D eigenvalue weighted by atomic mass is 16.6. The third-order valence-corrected chi connectivity index (χ3v) is 2.57. The van der Waals surface area contributed by atoms with Crippen LogP contribution < -0.4 is 0 Å². The average molecular weight is 172 g/mol. The number of hydrogen-bond acceptors (Lipinski definition) is 3. The lowest BCUT2D eigenvalue weighted by Crippen LogP contribution is -2.33. The molecule has 1 aliphatic carbocycles. The van der Waals surface area contributed by atoms with Crippen molar-refractivity contribution < 1.29 is 14.6 Å². The lowest BCUT2D eigenvalue weighted by Gasteiger charge is -2.27. The molecule has 1 heterocycles. The van der Waals surface area contributed by atoms with Crippen LogP contribution in [-0.2, 0) is 9.47 Å². The first-order chi connectivity index (χ1) is 5.86. The van der Waals surface area contributed by atoms with Crippen LogP contribution in [0.3, 0.4) is 0 Å². The van der Waals surface area contributed by atoms with E-state index in [0.717, 1.165) is 25.9 Å². The van der Waals surface area contributed by atoms with Gasteiger partial charge in [-0.15, -0.1) is 0 Å². The molecule has 3 heteroatoms. The van der Waals surface area contributed by atoms with Crippen LogP contribution in [0, 0.1) is 0 Å². The van der Waals surface area contributed by atoms with E-state index in [0.29, 0.717) is 12.7 Å². The van der Waals surface area contributed by atoms with Gasteiger partial charge in [-0.1, -0.05) is 12.8 Å². The number of aliphatic hydroxyl groups excluding tert-OH is 1. The summed E-state index contributed by atoms with van der Waals surface area (Å²) in [7, 11) is 0. The Kier molecular flexibility index (Phi) is 2.63. The molecule has 0 aromatic rings. The summed E-state index contributed by atoms with van der Waals surface area (Å²) in [6.45, 7) is 1.50. The molecule has 70 valence electrons. The van der Waals surface area contributed by atoms with Crippen molar-refractivity contribution in [2.75, 3.05) is 13.2 Å². The number of aliphatic hydroxyl groups is 1. The summed E-state index contributed by atoms with van der Waals surface area (Å²) in [6, 6.07) is 0. The van der Waals surface area contributed by atoms with Crippen molar-refractivity contribution in [3.05, 3.63) is 0 Å². The fraction of sp³-hybridized carbons (Fsp3) is 1.00. The van der Waals surface area contributed by atoms with Gasteiger partial charge in [-0.05, 0) is 12.8 Å². The number of ether oxygens (including phenoxy) is 2. The molecule has 2 rings (SSSR count). The third-order valence-electron chi connectivity index (χ3n) is 2.57. The monoisotopic (exact) mass is 172 g/mol. The van der Waals surface area contributed by atoms with Gasteiger partial charge in [-0.3, -0.25) is 0 Å². The van der Waals surface area contributed by atoms with E-state index in [1.54, 1.807) is 0 Å². The van der Waals surface area contributed by atoms with E-state index < -0.39 is 0 Å². The van der Waals surface area contributed by atoms with Crippen LogP contribution in [0.1, 0.15) is 25.7 Å². The maximum Gasteiger partial charge on any atom is 0.104 e. The zero-order valence-corrected chi connectivity index (χ0v) is 7.24. The second-order valence-electron chi connectivity index (χ2n) is 3.68. The van der Waals surface area contributed by atoms with Gasteiger partial charge in [0.2, 0.25) is 0 Å². The molecular weight excluding hydrogens is 156 g/mol. The summed E-state index contributed by atoms with van der Waals surface area (Å²) in [5, 5.41) is 9.54. The van der Waals surface area contributed by atoms with Crippen LogP contribution in [0.5, 0.6) is 0 Å². The molecule has 3 unspecified atom stereocenters. The molecule has 0 spiro atoms. The molecule has 12 heavy (non-hydrogen) atoms. The van der Waals surface area contributed by atoms with Crippen LogP contribution in [0.2, 0.25) is 0 Å². The average Bonchev–Trinajstić information content (AvgIpc) is 2.86. The van der Waals surface area contributed by atoms with E-state index in [9.17, 15) is 5.11 Å². The zero-order valence-electron chi connectivity index (χ0n) is 7.24. The van der Waals surface area contributed by atoms with Crippen LogP contribution in [0.4, 0.5) is 0 Å². The van der Waals surface area contributed by atoms with Gasteiger partial charge in [0.15, 0.2) is 0 Å². The predicted octanol–water partition coefficient (Wildman–Crippen LogP) is 0.705. The Balaban J connectivity index is 1.68. The molecule has 0 amide bonds. The Morgan fingerprint density at radius 1 is 1.33 bits per heavy atom. The fourth-order valence-electron chi connectivity index (χ4n) is 1.67. The summed E-state index contributed by atoms with van der Waals surface area (Å²) >= 11 is 0. The Bertz CT molecular complexity index is 145. The fourth-order valence-corrected chi connectivity index (χ4v) is 1.67. The molecule has 2 aliphatic rings. The summed E-state index contributed by atoms with van der Waals surface area (Å²) < 4.78 is 10.6. The minimum Gasteiger partial charge on any atom is -0.390 e. The largest absolute Gasteiger partial charge is 0.390 e. The first kappa shape index (κ1) is 8.48. The molecule has 1 aliphatic heterocycles. The minimum absolute atomic E-state index is 0.0722. The number of hydrogen-bond donors (Lipinski definition) is 1. The Morgan fingerprint density at radius 2 is 2.08 bits per heavy atom. The van der Waals surface area contributed by atoms with Crippen molar-refractivity contribution in [2.24, 2.45) is 0 Å². The maximum atomic E-state index is 9.54. The van der Waals surface area contributed by atoms with Gasteiger partial charge in [0.1, 0.15) is 6.10 Å². The molecule has 3 nitrogen and oxygen atoms in total. The third kappa shape index (κ3) is 2.19. The second-order valence-corrected chi connectivity index (χ2v) is 3.68. The molecular formula is C9H16O3. The van der Waals surface area contributed by atoms with E-state index in [1.807, 2.05) is 0 Å². The standard InChI is InChI=1S/C9H16O3/c10-8-3-1-2-4-9(8)12-6-7-5-11-7/h7-10H,1-6H2. The van der Waals surface area contributed by atoms with E-state index in [1.165, 1.54) is 6.42 Å². The number of epoxide rings is 1. The van der Waals surface area contributed by atoms with Crippen molar-refractivity contribution in [3.63, 3.8) is 0 Å². The van der Waals surface area contributed by atoms with Gasteiger partial charge in [-0.25, -0.2) is 0 Å². The van der Waals surface area contributed by atoms with Crippen LogP contribution >= 0.6 is 0 Å². The minimum atomic E-state index is -0.238. The smallest absolute Gasteiger partial charge is 0.104 e. The molecule has 1 saturated carbocycles. The molecule has 0 bridgehead atoms. The van der Waals surface area contributed by atoms with Crippen LogP contribution in [-0.4, -0.2) is 36.6 Å². The summed E-state index contributed by atoms with van der Waals surface area (Å²) in [5.41, 5.74) is 0. The first-order valence-electron chi connectivity index (χ1n) is 4.77. The summed E-state index contributed by atoms with van der Waals surface area (Å²) in [4.78, 5) is 0. The van der Waals surface area contributed by atoms with Crippen molar-refractivity contribution in [1.82, 2.24) is 0 Å². The van der Waals surface area contributed by atoms with Crippen molar-refractivity contribution in [3.8, 4) is 0 Å². The normalized spacial score (nSPS) is 41.2. The van der Waals surface area contributed by atoms with Gasteiger partial charge in [0.05, 0.1) is 25.4 Å². The zero-order chi connectivity index (χ0) is 8.39. The molecule has 0 aromatic carbocycles. The molecule has 3 atom stereocenters. The van der Waals surface area contributed by atoms with E-state index in [2.05, 4.69) is 0 Å². The Morgan fingerprint density at radius 3 is 2.75 bits per heavy atom.